The van der Waals surface area contributed by atoms with Crippen LogP contribution in [0.2, 0.25) is 0 Å². The number of aryl methyl sites for hydroxylation is 2. The number of nitrogens with zero attached hydrogens (tertiary/aromatic N) is 3. The third kappa shape index (κ3) is 3.68. The van der Waals surface area contributed by atoms with E-state index in [9.17, 15) is 9.18 Å². The van der Waals surface area contributed by atoms with Crippen LogP contribution in [0.3, 0.4) is 0 Å². The van der Waals surface area contributed by atoms with Gasteiger partial charge in [0.15, 0.2) is 0 Å². The molecule has 1 aliphatic rings. The number of fused-ring (bicyclic) bond motifs is 1. The molecule has 0 atom stereocenters. The standard InChI is InChI=1S/C20H21FN4O2.ClH/c1-13-3-4-17(16(21)11-13)23-19-14-5-6-24(2)18(14)15(12-22-19)20(26)25-7-9-27-10-8-25;/h3-6,11-12H,7-10H2,1-2H3,(H,22,23);1H. The van der Waals surface area contributed by atoms with E-state index in [4.69, 9.17) is 4.74 Å². The minimum absolute atomic E-state index is 0. The van der Waals surface area contributed by atoms with Crippen molar-refractivity contribution in [1.82, 2.24) is 14.5 Å². The summed E-state index contributed by atoms with van der Waals surface area (Å²) in [6.07, 6.45) is 3.44. The third-order valence-electron chi connectivity index (χ3n) is 4.81. The quantitative estimate of drug-likeness (QED) is 0.723. The molecule has 1 aromatic carbocycles. The second-order valence-electron chi connectivity index (χ2n) is 6.72. The van der Waals surface area contributed by atoms with Crippen LogP contribution >= 0.6 is 12.4 Å². The van der Waals surface area contributed by atoms with E-state index in [0.717, 1.165) is 16.5 Å². The second kappa shape index (κ2) is 8.16. The molecule has 1 N–H and O–H groups in total. The molecule has 6 nitrogen and oxygen atoms in total. The number of benzene rings is 1. The van der Waals surface area contributed by atoms with Gasteiger partial charge in [0.1, 0.15) is 11.6 Å². The van der Waals surface area contributed by atoms with E-state index in [2.05, 4.69) is 10.3 Å². The molecule has 148 valence electrons. The molecule has 1 amide bonds. The predicted octanol–water partition coefficient (Wildman–Crippen LogP) is 3.66. The Morgan fingerprint density at radius 2 is 2.00 bits per heavy atom. The topological polar surface area (TPSA) is 59.4 Å². The Hall–Kier alpha value is -2.64. The highest BCUT2D eigenvalue weighted by atomic mass is 35.5. The number of nitrogens with one attached hydrogen (secondary N) is 1. The summed E-state index contributed by atoms with van der Waals surface area (Å²) in [5.74, 6) is 0.117. The van der Waals surface area contributed by atoms with Gasteiger partial charge in [0, 0.05) is 37.9 Å². The summed E-state index contributed by atoms with van der Waals surface area (Å²) in [5, 5.41) is 3.83. The Labute approximate surface area is 168 Å². The van der Waals surface area contributed by atoms with Gasteiger partial charge < -0.3 is 19.5 Å². The molecule has 1 saturated heterocycles. The zero-order valence-electron chi connectivity index (χ0n) is 15.7. The SMILES string of the molecule is Cc1ccc(Nc2ncc(C(=O)N3CCOCC3)c3c2ccn3C)c(F)c1.Cl. The van der Waals surface area contributed by atoms with Gasteiger partial charge in [-0.3, -0.25) is 4.79 Å². The number of hydrogen-bond donors (Lipinski definition) is 1. The number of morpholine rings is 1. The molecule has 0 bridgehead atoms. The lowest BCUT2D eigenvalue weighted by atomic mass is 10.1. The van der Waals surface area contributed by atoms with Crippen molar-refractivity contribution in [2.24, 2.45) is 7.05 Å². The normalized spacial score (nSPS) is 14.0. The highest BCUT2D eigenvalue weighted by Crippen LogP contribution is 2.29. The molecule has 2 aromatic heterocycles. The number of amides is 1. The summed E-state index contributed by atoms with van der Waals surface area (Å²) in [6, 6.07) is 6.88. The van der Waals surface area contributed by atoms with Gasteiger partial charge in [0.2, 0.25) is 0 Å². The first-order chi connectivity index (χ1) is 13.0. The zero-order valence-corrected chi connectivity index (χ0v) is 16.6. The van der Waals surface area contributed by atoms with E-state index in [-0.39, 0.29) is 24.1 Å². The number of halogens is 2. The third-order valence-corrected chi connectivity index (χ3v) is 4.81. The van der Waals surface area contributed by atoms with E-state index in [0.29, 0.717) is 43.4 Å². The summed E-state index contributed by atoms with van der Waals surface area (Å²) in [4.78, 5) is 19.2. The maximum Gasteiger partial charge on any atom is 0.257 e. The Morgan fingerprint density at radius 3 is 2.71 bits per heavy atom. The first kappa shape index (κ1) is 20.1. The summed E-state index contributed by atoms with van der Waals surface area (Å²) in [7, 11) is 1.88. The molecular weight excluding hydrogens is 383 g/mol. The van der Waals surface area contributed by atoms with E-state index in [1.54, 1.807) is 17.2 Å². The van der Waals surface area contributed by atoms with Crippen LogP contribution in [0.25, 0.3) is 10.9 Å². The van der Waals surface area contributed by atoms with E-state index >= 15 is 0 Å². The maximum atomic E-state index is 14.2. The lowest BCUT2D eigenvalue weighted by molar-refractivity contribution is 0.0303. The molecule has 1 fully saturated rings. The molecule has 0 radical (unpaired) electrons. The molecule has 0 spiro atoms. The Bertz CT molecular complexity index is 1010. The number of rotatable bonds is 3. The van der Waals surface area contributed by atoms with Gasteiger partial charge in [-0.15, -0.1) is 12.4 Å². The van der Waals surface area contributed by atoms with E-state index < -0.39 is 0 Å². The van der Waals surface area contributed by atoms with Crippen molar-refractivity contribution in [3.63, 3.8) is 0 Å². The van der Waals surface area contributed by atoms with Crippen LogP contribution in [-0.4, -0.2) is 46.7 Å². The van der Waals surface area contributed by atoms with Gasteiger partial charge >= 0.3 is 0 Å². The monoisotopic (exact) mass is 404 g/mol. The number of aromatic nitrogens is 2. The van der Waals surface area contributed by atoms with Gasteiger partial charge in [-0.1, -0.05) is 6.07 Å². The van der Waals surface area contributed by atoms with Crippen LogP contribution in [-0.2, 0) is 11.8 Å². The van der Waals surface area contributed by atoms with Crippen LogP contribution in [0.4, 0.5) is 15.9 Å². The lowest BCUT2D eigenvalue weighted by Crippen LogP contribution is -2.40. The molecule has 28 heavy (non-hydrogen) atoms. The van der Waals surface area contributed by atoms with Crippen LogP contribution in [0.5, 0.6) is 0 Å². The Kier molecular flexibility index (Phi) is 5.86. The fourth-order valence-electron chi connectivity index (χ4n) is 3.36. The fourth-order valence-corrected chi connectivity index (χ4v) is 3.36. The molecule has 0 aliphatic carbocycles. The van der Waals surface area contributed by atoms with Crippen LogP contribution in [0, 0.1) is 12.7 Å². The van der Waals surface area contributed by atoms with Crippen molar-refractivity contribution in [2.75, 3.05) is 31.6 Å². The molecule has 1 aliphatic heterocycles. The van der Waals surface area contributed by atoms with Crippen molar-refractivity contribution in [1.29, 1.82) is 0 Å². The second-order valence-corrected chi connectivity index (χ2v) is 6.72. The molecule has 4 rings (SSSR count). The summed E-state index contributed by atoms with van der Waals surface area (Å²) < 4.78 is 21.4. The first-order valence-corrected chi connectivity index (χ1v) is 8.89. The summed E-state index contributed by atoms with van der Waals surface area (Å²) in [5.41, 5.74) is 2.51. The van der Waals surface area contributed by atoms with Crippen molar-refractivity contribution < 1.29 is 13.9 Å². The molecule has 0 saturated carbocycles. The van der Waals surface area contributed by atoms with E-state index in [1.165, 1.54) is 6.07 Å². The Morgan fingerprint density at radius 1 is 1.25 bits per heavy atom. The van der Waals surface area contributed by atoms with Crippen molar-refractivity contribution >= 4 is 40.7 Å². The summed E-state index contributed by atoms with van der Waals surface area (Å²) >= 11 is 0. The van der Waals surface area contributed by atoms with Gasteiger partial charge in [-0.2, -0.15) is 0 Å². The highest BCUT2D eigenvalue weighted by Gasteiger charge is 2.23. The average molecular weight is 405 g/mol. The predicted molar refractivity (Wildman–Crippen MR) is 109 cm³/mol. The minimum atomic E-state index is -0.339. The average Bonchev–Trinajstić information content (AvgIpc) is 3.07. The van der Waals surface area contributed by atoms with Crippen molar-refractivity contribution in [3.8, 4) is 0 Å². The van der Waals surface area contributed by atoms with Gasteiger partial charge in [0.05, 0.1) is 30.0 Å². The maximum absolute atomic E-state index is 14.2. The number of anilines is 2. The molecule has 3 aromatic rings. The number of pyridine rings is 1. The van der Waals surface area contributed by atoms with Gasteiger partial charge in [-0.25, -0.2) is 9.37 Å². The summed E-state index contributed by atoms with van der Waals surface area (Å²) in [6.45, 7) is 4.06. The lowest BCUT2D eigenvalue weighted by Gasteiger charge is -2.27. The molecular formula is C20H22ClFN4O2. The number of hydrogen-bond acceptors (Lipinski definition) is 4. The van der Waals surface area contributed by atoms with Crippen LogP contribution in [0.1, 0.15) is 15.9 Å². The van der Waals surface area contributed by atoms with E-state index in [1.807, 2.05) is 36.9 Å². The molecule has 3 heterocycles. The van der Waals surface area contributed by atoms with Crippen molar-refractivity contribution in [3.05, 3.63) is 53.6 Å². The van der Waals surface area contributed by atoms with Gasteiger partial charge in [0.25, 0.3) is 5.91 Å². The Balaban J connectivity index is 0.00000225. The fraction of sp³-hybridized carbons (Fsp3) is 0.300. The van der Waals surface area contributed by atoms with Crippen molar-refractivity contribution in [2.45, 2.75) is 6.92 Å². The largest absolute Gasteiger partial charge is 0.378 e. The molecule has 8 heteroatoms. The van der Waals surface area contributed by atoms with Gasteiger partial charge in [-0.05, 0) is 30.7 Å². The zero-order chi connectivity index (χ0) is 19.0. The number of carbonyl (C=O) groups is 1. The van der Waals surface area contributed by atoms with Crippen LogP contribution < -0.4 is 5.32 Å². The van der Waals surface area contributed by atoms with Crippen LogP contribution in [0.15, 0.2) is 36.7 Å². The number of ether oxygens (including phenoxy) is 1. The minimum Gasteiger partial charge on any atom is -0.378 e. The molecule has 0 unspecified atom stereocenters. The number of carbonyl (C=O) groups excluding carboxylic acids is 1. The smallest absolute Gasteiger partial charge is 0.257 e. The first-order valence-electron chi connectivity index (χ1n) is 8.89. The highest BCUT2D eigenvalue weighted by molar-refractivity contribution is 6.08.